The normalized spacial score (nSPS) is 18.8. The van der Waals surface area contributed by atoms with Crippen LogP contribution in [0.1, 0.15) is 19.4 Å². The molecule has 1 aromatic rings. The van der Waals surface area contributed by atoms with Gasteiger partial charge in [-0.05, 0) is 11.5 Å². The average Bonchev–Trinajstić information content (AvgIpc) is 2.62. The molecule has 1 unspecified atom stereocenters. The van der Waals surface area contributed by atoms with Crippen molar-refractivity contribution >= 4 is 11.6 Å². The van der Waals surface area contributed by atoms with Crippen LogP contribution in [0, 0.1) is 16.0 Å². The molecule has 0 bridgehead atoms. The van der Waals surface area contributed by atoms with Crippen molar-refractivity contribution in [2.45, 2.75) is 26.5 Å². The number of rotatable bonds is 7. The molecule has 1 aliphatic rings. The first-order chi connectivity index (χ1) is 12.5. The molecule has 0 aliphatic carbocycles. The SMILES string of the molecule is CN=C(NCc1ccc([N+](=O)[O-])cc1)NCC1CN(CC(C)C)CCO1. The summed E-state index contributed by atoms with van der Waals surface area (Å²) in [6.07, 6.45) is 0.139. The molecule has 1 heterocycles. The number of guanidine groups is 1. The summed E-state index contributed by atoms with van der Waals surface area (Å²) in [6, 6.07) is 6.50. The predicted octanol–water partition coefficient (Wildman–Crippen LogP) is 1.62. The van der Waals surface area contributed by atoms with Crippen molar-refractivity contribution in [3.8, 4) is 0 Å². The third kappa shape index (κ3) is 6.61. The van der Waals surface area contributed by atoms with Crippen LogP contribution in [0.5, 0.6) is 0 Å². The first kappa shape index (κ1) is 20.1. The molecule has 1 aliphatic heterocycles. The van der Waals surface area contributed by atoms with Crippen LogP contribution >= 0.6 is 0 Å². The van der Waals surface area contributed by atoms with Gasteiger partial charge in [-0.25, -0.2) is 0 Å². The second kappa shape index (κ2) is 10.1. The highest BCUT2D eigenvalue weighted by Gasteiger charge is 2.21. The Bertz CT molecular complexity index is 603. The largest absolute Gasteiger partial charge is 0.374 e. The number of morpholine rings is 1. The number of nitrogens with zero attached hydrogens (tertiary/aromatic N) is 3. The summed E-state index contributed by atoms with van der Waals surface area (Å²) in [5, 5.41) is 17.2. The zero-order chi connectivity index (χ0) is 18.9. The van der Waals surface area contributed by atoms with Crippen LogP contribution in [0.3, 0.4) is 0 Å². The number of non-ortho nitro benzene ring substituents is 1. The highest BCUT2D eigenvalue weighted by atomic mass is 16.6. The quantitative estimate of drug-likeness (QED) is 0.331. The Morgan fingerprint density at radius 2 is 2.12 bits per heavy atom. The lowest BCUT2D eigenvalue weighted by Gasteiger charge is -2.34. The van der Waals surface area contributed by atoms with Crippen molar-refractivity contribution in [3.63, 3.8) is 0 Å². The molecule has 0 radical (unpaired) electrons. The maximum atomic E-state index is 10.7. The number of aliphatic imine (C=N–C) groups is 1. The molecule has 8 nitrogen and oxygen atoms in total. The summed E-state index contributed by atoms with van der Waals surface area (Å²) in [6.45, 7) is 9.45. The van der Waals surface area contributed by atoms with Gasteiger partial charge in [-0.1, -0.05) is 26.0 Å². The summed E-state index contributed by atoms with van der Waals surface area (Å²) in [4.78, 5) is 16.9. The van der Waals surface area contributed by atoms with Crippen molar-refractivity contribution in [3.05, 3.63) is 39.9 Å². The molecular formula is C18H29N5O3. The maximum absolute atomic E-state index is 10.7. The summed E-state index contributed by atoms with van der Waals surface area (Å²) in [5.41, 5.74) is 1.05. The van der Waals surface area contributed by atoms with E-state index in [1.807, 2.05) is 0 Å². The van der Waals surface area contributed by atoms with Crippen molar-refractivity contribution in [2.75, 3.05) is 39.8 Å². The van der Waals surface area contributed by atoms with Gasteiger partial charge in [-0.15, -0.1) is 0 Å². The molecule has 1 aromatic carbocycles. The van der Waals surface area contributed by atoms with E-state index in [4.69, 9.17) is 4.74 Å². The molecule has 0 aromatic heterocycles. The second-order valence-electron chi connectivity index (χ2n) is 6.88. The minimum atomic E-state index is -0.398. The number of nitro groups is 1. The standard InChI is InChI=1S/C18H29N5O3/c1-14(2)12-22-8-9-26-17(13-22)11-21-18(19-3)20-10-15-4-6-16(7-5-15)23(24)25/h4-7,14,17H,8-13H2,1-3H3,(H2,19,20,21). The third-order valence-corrected chi connectivity index (χ3v) is 4.17. The van der Waals surface area contributed by atoms with E-state index in [1.54, 1.807) is 19.2 Å². The van der Waals surface area contributed by atoms with Gasteiger partial charge in [0, 0.05) is 51.9 Å². The number of nitrogens with one attached hydrogen (secondary N) is 2. The van der Waals surface area contributed by atoms with Gasteiger partial charge < -0.3 is 15.4 Å². The molecule has 26 heavy (non-hydrogen) atoms. The number of hydrogen-bond acceptors (Lipinski definition) is 5. The Morgan fingerprint density at radius 3 is 2.73 bits per heavy atom. The van der Waals surface area contributed by atoms with E-state index < -0.39 is 4.92 Å². The minimum absolute atomic E-state index is 0.0941. The van der Waals surface area contributed by atoms with E-state index in [0.29, 0.717) is 25.0 Å². The number of ether oxygens (including phenoxy) is 1. The Morgan fingerprint density at radius 1 is 1.38 bits per heavy atom. The highest BCUT2D eigenvalue weighted by molar-refractivity contribution is 5.79. The summed E-state index contributed by atoms with van der Waals surface area (Å²) < 4.78 is 5.83. The van der Waals surface area contributed by atoms with Crippen molar-refractivity contribution in [1.29, 1.82) is 0 Å². The highest BCUT2D eigenvalue weighted by Crippen LogP contribution is 2.11. The van der Waals surface area contributed by atoms with Gasteiger partial charge >= 0.3 is 0 Å². The topological polar surface area (TPSA) is 92.0 Å². The van der Waals surface area contributed by atoms with Crippen molar-refractivity contribution < 1.29 is 9.66 Å². The molecule has 0 spiro atoms. The van der Waals surface area contributed by atoms with Crippen LogP contribution in [0.25, 0.3) is 0 Å². The van der Waals surface area contributed by atoms with Gasteiger partial charge in [0.2, 0.25) is 0 Å². The van der Waals surface area contributed by atoms with E-state index in [1.165, 1.54) is 12.1 Å². The number of nitro benzene ring substituents is 1. The van der Waals surface area contributed by atoms with Crippen LogP contribution < -0.4 is 10.6 Å². The first-order valence-electron chi connectivity index (χ1n) is 8.99. The smallest absolute Gasteiger partial charge is 0.269 e. The maximum Gasteiger partial charge on any atom is 0.269 e. The molecule has 0 saturated carbocycles. The Balaban J connectivity index is 1.76. The first-order valence-corrected chi connectivity index (χ1v) is 8.99. The fraction of sp³-hybridized carbons (Fsp3) is 0.611. The molecule has 0 amide bonds. The molecule has 2 N–H and O–H groups in total. The molecular weight excluding hydrogens is 334 g/mol. The molecule has 1 fully saturated rings. The predicted molar refractivity (Wildman–Crippen MR) is 102 cm³/mol. The molecule has 1 saturated heterocycles. The van der Waals surface area contributed by atoms with Gasteiger partial charge in [-0.2, -0.15) is 0 Å². The summed E-state index contributed by atoms with van der Waals surface area (Å²) in [5.74, 6) is 1.34. The Kier molecular flexibility index (Phi) is 7.80. The zero-order valence-corrected chi connectivity index (χ0v) is 15.8. The van der Waals surface area contributed by atoms with Crippen LogP contribution in [-0.2, 0) is 11.3 Å². The minimum Gasteiger partial charge on any atom is -0.374 e. The van der Waals surface area contributed by atoms with E-state index in [-0.39, 0.29) is 11.8 Å². The third-order valence-electron chi connectivity index (χ3n) is 4.17. The lowest BCUT2D eigenvalue weighted by molar-refractivity contribution is -0.384. The number of hydrogen-bond donors (Lipinski definition) is 2. The van der Waals surface area contributed by atoms with E-state index in [2.05, 4.69) is 34.4 Å². The van der Waals surface area contributed by atoms with Gasteiger partial charge in [0.1, 0.15) is 0 Å². The Hall–Kier alpha value is -2.19. The zero-order valence-electron chi connectivity index (χ0n) is 15.8. The van der Waals surface area contributed by atoms with E-state index in [0.717, 1.165) is 31.8 Å². The van der Waals surface area contributed by atoms with Crippen LogP contribution in [0.4, 0.5) is 5.69 Å². The molecule has 2 rings (SSSR count). The molecule has 144 valence electrons. The summed E-state index contributed by atoms with van der Waals surface area (Å²) in [7, 11) is 1.72. The molecule has 8 heteroatoms. The molecule has 1 atom stereocenters. The van der Waals surface area contributed by atoms with Gasteiger partial charge in [0.05, 0.1) is 17.6 Å². The van der Waals surface area contributed by atoms with Crippen LogP contribution in [0.2, 0.25) is 0 Å². The van der Waals surface area contributed by atoms with Gasteiger partial charge in [0.15, 0.2) is 5.96 Å². The fourth-order valence-corrected chi connectivity index (χ4v) is 2.94. The van der Waals surface area contributed by atoms with Gasteiger partial charge in [0.25, 0.3) is 5.69 Å². The van der Waals surface area contributed by atoms with E-state index in [9.17, 15) is 10.1 Å². The van der Waals surface area contributed by atoms with E-state index >= 15 is 0 Å². The van der Waals surface area contributed by atoms with Crippen molar-refractivity contribution in [2.24, 2.45) is 10.9 Å². The monoisotopic (exact) mass is 363 g/mol. The number of benzene rings is 1. The van der Waals surface area contributed by atoms with Crippen LogP contribution in [-0.4, -0.2) is 61.7 Å². The van der Waals surface area contributed by atoms with Gasteiger partial charge in [-0.3, -0.25) is 20.0 Å². The van der Waals surface area contributed by atoms with Crippen LogP contribution in [0.15, 0.2) is 29.3 Å². The lowest BCUT2D eigenvalue weighted by atomic mass is 10.2. The summed E-state index contributed by atoms with van der Waals surface area (Å²) >= 11 is 0. The lowest BCUT2D eigenvalue weighted by Crippen LogP contribution is -2.50. The second-order valence-corrected chi connectivity index (χ2v) is 6.88. The fourth-order valence-electron chi connectivity index (χ4n) is 2.94. The average molecular weight is 363 g/mol. The van der Waals surface area contributed by atoms with Crippen molar-refractivity contribution in [1.82, 2.24) is 15.5 Å². The Labute approximate surface area is 154 Å².